The highest BCUT2D eigenvalue weighted by Crippen LogP contribution is 2.30. The lowest BCUT2D eigenvalue weighted by Gasteiger charge is -2.18. The Morgan fingerprint density at radius 3 is 2.86 bits per heavy atom. The van der Waals surface area contributed by atoms with Crippen molar-refractivity contribution in [2.75, 3.05) is 45.3 Å². The van der Waals surface area contributed by atoms with Gasteiger partial charge in [0.25, 0.3) is 0 Å². The first kappa shape index (κ1) is 16.9. The van der Waals surface area contributed by atoms with E-state index in [-0.39, 0.29) is 17.3 Å². The number of nitrogens with zero attached hydrogens (tertiary/aromatic N) is 1. The molecule has 1 aromatic rings. The summed E-state index contributed by atoms with van der Waals surface area (Å²) in [6.07, 6.45) is 0.659. The van der Waals surface area contributed by atoms with E-state index in [1.165, 1.54) is 13.1 Å². The van der Waals surface area contributed by atoms with Crippen LogP contribution in [0.4, 0.5) is 5.69 Å². The van der Waals surface area contributed by atoms with Crippen molar-refractivity contribution in [2.45, 2.75) is 11.3 Å². The molecule has 0 aromatic heterocycles. The predicted octanol–water partition coefficient (Wildman–Crippen LogP) is -0.280. The third kappa shape index (κ3) is 3.64. The van der Waals surface area contributed by atoms with Gasteiger partial charge in [0.15, 0.2) is 0 Å². The molecule has 1 aliphatic heterocycles. The van der Waals surface area contributed by atoms with Gasteiger partial charge in [-0.15, -0.1) is 0 Å². The van der Waals surface area contributed by atoms with E-state index in [1.807, 2.05) is 0 Å². The first-order valence-electron chi connectivity index (χ1n) is 7.06. The third-order valence-corrected chi connectivity index (χ3v) is 5.00. The molecule has 2 N–H and O–H groups in total. The van der Waals surface area contributed by atoms with Gasteiger partial charge < -0.3 is 15.0 Å². The molecule has 0 fully saturated rings. The Bertz CT molecular complexity index is 645. The van der Waals surface area contributed by atoms with Gasteiger partial charge in [-0.05, 0) is 37.2 Å². The van der Waals surface area contributed by atoms with Crippen molar-refractivity contribution in [2.24, 2.45) is 0 Å². The van der Waals surface area contributed by atoms with Gasteiger partial charge in [0.05, 0.1) is 18.0 Å². The number of hydrogen-bond acceptors (Lipinski definition) is 5. The monoisotopic (exact) mass is 327 g/mol. The number of nitrogens with one attached hydrogen (secondary N) is 2. The van der Waals surface area contributed by atoms with Gasteiger partial charge in [0.1, 0.15) is 0 Å². The topological polar surface area (TPSA) is 87.7 Å². The lowest BCUT2D eigenvalue weighted by molar-refractivity contribution is -0.117. The van der Waals surface area contributed by atoms with Gasteiger partial charge in [0.2, 0.25) is 15.9 Å². The number of hydrogen-bond donors (Lipinski definition) is 2. The van der Waals surface area contributed by atoms with Crippen LogP contribution in [0.1, 0.15) is 5.56 Å². The Morgan fingerprint density at radius 2 is 2.18 bits per heavy atom. The molecule has 0 spiro atoms. The summed E-state index contributed by atoms with van der Waals surface area (Å²) in [5, 5.41) is 3.02. The van der Waals surface area contributed by atoms with Crippen molar-refractivity contribution in [3.8, 4) is 0 Å². The van der Waals surface area contributed by atoms with Crippen molar-refractivity contribution in [1.29, 1.82) is 0 Å². The zero-order chi connectivity index (χ0) is 16.2. The van der Waals surface area contributed by atoms with E-state index in [2.05, 4.69) is 10.0 Å². The van der Waals surface area contributed by atoms with E-state index >= 15 is 0 Å². The van der Waals surface area contributed by atoms with Gasteiger partial charge in [-0.25, -0.2) is 13.1 Å². The molecule has 2 rings (SSSR count). The molecule has 0 radical (unpaired) electrons. The molecule has 0 bridgehead atoms. The number of carbonyl (C=O) groups excluding carboxylic acids is 1. The fourth-order valence-corrected chi connectivity index (χ4v) is 3.17. The molecular formula is C14H21N3O4S. The second kappa shape index (κ2) is 7.19. The van der Waals surface area contributed by atoms with Crippen molar-refractivity contribution in [3.63, 3.8) is 0 Å². The van der Waals surface area contributed by atoms with Gasteiger partial charge in [-0.3, -0.25) is 4.79 Å². The first-order chi connectivity index (χ1) is 10.5. The highest BCUT2D eigenvalue weighted by molar-refractivity contribution is 7.89. The molecule has 0 unspecified atom stereocenters. The van der Waals surface area contributed by atoms with Crippen molar-refractivity contribution in [1.82, 2.24) is 10.0 Å². The number of fused-ring (bicyclic) bond motifs is 1. The molecule has 7 nitrogen and oxygen atoms in total. The predicted molar refractivity (Wildman–Crippen MR) is 83.5 cm³/mol. The molecule has 22 heavy (non-hydrogen) atoms. The molecule has 0 saturated carbocycles. The molecule has 122 valence electrons. The number of ether oxygens (including phenoxy) is 1. The fourth-order valence-electron chi connectivity index (χ4n) is 2.39. The summed E-state index contributed by atoms with van der Waals surface area (Å²) in [5.41, 5.74) is 1.66. The number of rotatable bonds is 7. The van der Waals surface area contributed by atoms with Crippen LogP contribution in [0.2, 0.25) is 0 Å². The number of anilines is 1. The van der Waals surface area contributed by atoms with Crippen LogP contribution >= 0.6 is 0 Å². The molecule has 0 atom stereocenters. The highest BCUT2D eigenvalue weighted by atomic mass is 32.2. The summed E-state index contributed by atoms with van der Waals surface area (Å²) in [5.74, 6) is -0.0286. The molecule has 8 heteroatoms. The van der Waals surface area contributed by atoms with Gasteiger partial charge in [0, 0.05) is 25.9 Å². The van der Waals surface area contributed by atoms with E-state index in [0.717, 1.165) is 11.3 Å². The normalized spacial score (nSPS) is 14.2. The lowest BCUT2D eigenvalue weighted by atomic mass is 10.2. The molecule has 1 aromatic carbocycles. The Kier molecular flexibility index (Phi) is 5.52. The smallest absolute Gasteiger partial charge is 0.240 e. The maximum Gasteiger partial charge on any atom is 0.240 e. The molecule has 1 amide bonds. The average molecular weight is 327 g/mol. The second-order valence-electron chi connectivity index (χ2n) is 4.96. The SMILES string of the molecule is CNS(=O)(=O)c1ccc2c(c1)CCN2C(=O)CNCCOC. The van der Waals surface area contributed by atoms with Crippen LogP contribution in [0.25, 0.3) is 0 Å². The van der Waals surface area contributed by atoms with Crippen LogP contribution in [0, 0.1) is 0 Å². The van der Waals surface area contributed by atoms with Crippen LogP contribution in [-0.2, 0) is 26.0 Å². The summed E-state index contributed by atoms with van der Waals surface area (Å²) in [7, 11) is -0.470. The Balaban J connectivity index is 2.08. The number of sulfonamides is 1. The summed E-state index contributed by atoms with van der Waals surface area (Å²) >= 11 is 0. The summed E-state index contributed by atoms with van der Waals surface area (Å²) < 4.78 is 30.8. The minimum absolute atomic E-state index is 0.0286. The van der Waals surface area contributed by atoms with Gasteiger partial charge >= 0.3 is 0 Å². The van der Waals surface area contributed by atoms with Crippen molar-refractivity contribution in [3.05, 3.63) is 23.8 Å². The summed E-state index contributed by atoms with van der Waals surface area (Å²) in [6, 6.07) is 4.85. The van der Waals surface area contributed by atoms with E-state index in [4.69, 9.17) is 4.74 Å². The quantitative estimate of drug-likeness (QED) is 0.673. The van der Waals surface area contributed by atoms with Crippen LogP contribution in [0.5, 0.6) is 0 Å². The largest absolute Gasteiger partial charge is 0.383 e. The Hall–Kier alpha value is -1.48. The van der Waals surface area contributed by atoms with Gasteiger partial charge in [-0.1, -0.05) is 0 Å². The van der Waals surface area contributed by atoms with Crippen LogP contribution in [0.15, 0.2) is 23.1 Å². The van der Waals surface area contributed by atoms with E-state index < -0.39 is 10.0 Å². The molecular weight excluding hydrogens is 306 g/mol. The molecule has 0 saturated heterocycles. The minimum atomic E-state index is -3.46. The zero-order valence-electron chi connectivity index (χ0n) is 12.8. The fraction of sp³-hybridized carbons (Fsp3) is 0.500. The summed E-state index contributed by atoms with van der Waals surface area (Å²) in [6.45, 7) is 1.97. The number of methoxy groups -OCH3 is 1. The maximum atomic E-state index is 12.2. The van der Waals surface area contributed by atoms with E-state index in [9.17, 15) is 13.2 Å². The zero-order valence-corrected chi connectivity index (χ0v) is 13.6. The van der Waals surface area contributed by atoms with E-state index in [1.54, 1.807) is 24.1 Å². The lowest BCUT2D eigenvalue weighted by Crippen LogP contribution is -2.38. The second-order valence-corrected chi connectivity index (χ2v) is 6.85. The molecule has 1 aliphatic rings. The third-order valence-electron chi connectivity index (χ3n) is 3.59. The highest BCUT2D eigenvalue weighted by Gasteiger charge is 2.25. The number of benzene rings is 1. The van der Waals surface area contributed by atoms with Gasteiger partial charge in [-0.2, -0.15) is 0 Å². The number of amides is 1. The number of carbonyl (C=O) groups is 1. The first-order valence-corrected chi connectivity index (χ1v) is 8.54. The summed E-state index contributed by atoms with van der Waals surface area (Å²) in [4.78, 5) is 14.1. The average Bonchev–Trinajstić information content (AvgIpc) is 2.94. The van der Waals surface area contributed by atoms with Crippen LogP contribution < -0.4 is 14.9 Å². The van der Waals surface area contributed by atoms with Crippen LogP contribution in [-0.4, -0.2) is 54.7 Å². The van der Waals surface area contributed by atoms with E-state index in [0.29, 0.717) is 26.1 Å². The minimum Gasteiger partial charge on any atom is -0.383 e. The Morgan fingerprint density at radius 1 is 1.41 bits per heavy atom. The van der Waals surface area contributed by atoms with Crippen molar-refractivity contribution < 1.29 is 17.9 Å². The molecule has 0 aliphatic carbocycles. The Labute approximate surface area is 130 Å². The van der Waals surface area contributed by atoms with Crippen molar-refractivity contribution >= 4 is 21.6 Å². The standard InChI is InChI=1S/C14H21N3O4S/c1-15-22(19,20)12-3-4-13-11(9-12)5-7-17(13)14(18)10-16-6-8-21-2/h3-4,9,15-16H,5-8,10H2,1-2H3. The molecule has 1 heterocycles. The van der Waals surface area contributed by atoms with Crippen LogP contribution in [0.3, 0.4) is 0 Å². The maximum absolute atomic E-state index is 12.2.